The van der Waals surface area contributed by atoms with E-state index in [0.29, 0.717) is 12.3 Å². The monoisotopic (exact) mass is 402 g/mol. The highest BCUT2D eigenvalue weighted by molar-refractivity contribution is 5.92. The van der Waals surface area contributed by atoms with Crippen molar-refractivity contribution in [3.05, 3.63) is 36.5 Å². The van der Waals surface area contributed by atoms with Crippen LogP contribution in [0.5, 0.6) is 0 Å². The van der Waals surface area contributed by atoms with Crippen LogP contribution in [0.15, 0.2) is 36.5 Å². The van der Waals surface area contributed by atoms with E-state index in [1.54, 1.807) is 12.2 Å². The second kappa shape index (κ2) is 9.10. The summed E-state index contributed by atoms with van der Waals surface area (Å²) in [5.74, 6) is -0.298. The fraction of sp³-hybridized carbons (Fsp3) is 0.625. The molecule has 0 radical (unpaired) electrons. The van der Waals surface area contributed by atoms with Crippen LogP contribution in [0.2, 0.25) is 0 Å². The van der Waals surface area contributed by atoms with Crippen molar-refractivity contribution in [3.63, 3.8) is 0 Å². The predicted molar refractivity (Wildman–Crippen MR) is 112 cm³/mol. The van der Waals surface area contributed by atoms with Crippen LogP contribution in [-0.2, 0) is 23.9 Å². The molecular weight excluding hydrogens is 368 g/mol. The van der Waals surface area contributed by atoms with Gasteiger partial charge in [-0.3, -0.25) is 14.4 Å². The highest BCUT2D eigenvalue weighted by Gasteiger charge is 2.58. The number of carbonyl (C=O) groups is 3. The van der Waals surface area contributed by atoms with E-state index in [2.05, 4.69) is 27.0 Å². The number of esters is 2. The summed E-state index contributed by atoms with van der Waals surface area (Å²) in [4.78, 5) is 35.8. The lowest BCUT2D eigenvalue weighted by molar-refractivity contribution is -0.155. The Balaban J connectivity index is 2.48. The molecular formula is C24H34O5. The number of hydrogen-bond donors (Lipinski definition) is 0. The van der Waals surface area contributed by atoms with E-state index in [0.717, 1.165) is 36.8 Å². The van der Waals surface area contributed by atoms with Gasteiger partial charge in [-0.25, -0.2) is 0 Å². The number of allylic oxidation sites excluding steroid dienone is 3. The smallest absolute Gasteiger partial charge is 0.302 e. The molecule has 4 unspecified atom stereocenters. The Bertz CT molecular complexity index is 734. The number of carbonyl (C=O) groups excluding carboxylic acids is 3. The highest BCUT2D eigenvalue weighted by atomic mass is 16.5. The van der Waals surface area contributed by atoms with Gasteiger partial charge in [-0.15, -0.1) is 0 Å². The fourth-order valence-electron chi connectivity index (χ4n) is 5.18. The van der Waals surface area contributed by atoms with Crippen LogP contribution < -0.4 is 0 Å². The van der Waals surface area contributed by atoms with E-state index in [1.807, 2.05) is 0 Å². The molecule has 0 saturated heterocycles. The first-order valence-electron chi connectivity index (χ1n) is 10.4. The Morgan fingerprint density at radius 3 is 2.52 bits per heavy atom. The minimum absolute atomic E-state index is 0.00114. The van der Waals surface area contributed by atoms with E-state index in [9.17, 15) is 14.4 Å². The molecule has 0 aromatic heterocycles. The second-order valence-electron chi connectivity index (χ2n) is 8.92. The first kappa shape index (κ1) is 23.1. The minimum Gasteiger partial charge on any atom is -0.465 e. The van der Waals surface area contributed by atoms with Gasteiger partial charge in [0.2, 0.25) is 0 Å². The molecule has 29 heavy (non-hydrogen) atoms. The van der Waals surface area contributed by atoms with E-state index < -0.39 is 11.4 Å². The first-order chi connectivity index (χ1) is 13.5. The van der Waals surface area contributed by atoms with Crippen molar-refractivity contribution in [1.82, 2.24) is 0 Å². The van der Waals surface area contributed by atoms with Crippen molar-refractivity contribution in [3.8, 4) is 0 Å². The summed E-state index contributed by atoms with van der Waals surface area (Å²) < 4.78 is 10.8. The Hall–Kier alpha value is -2.17. The van der Waals surface area contributed by atoms with Crippen molar-refractivity contribution >= 4 is 17.7 Å². The number of rotatable bonds is 8. The molecule has 0 spiro atoms. The standard InChI is InChI=1S/C24H34O5/c1-7-16(2)8-10-23(6)17(3)9-11-24(15-29-19(5)26)20(14-28-18(4)25)12-21(27)13-22(23)24/h7,12,17,22H,1-2,8-11,13-15H2,3-6H3. The Kier molecular flexibility index (Phi) is 7.25. The average Bonchev–Trinajstić information content (AvgIpc) is 2.66. The van der Waals surface area contributed by atoms with Crippen molar-refractivity contribution < 1.29 is 23.9 Å². The SMILES string of the molecule is C=CC(=C)CCC1(C)C(C)CCC2(COC(C)=O)C(COC(C)=O)=CC(=O)CC21. The molecule has 4 atom stereocenters. The van der Waals surface area contributed by atoms with Crippen molar-refractivity contribution in [1.29, 1.82) is 0 Å². The Morgan fingerprint density at radius 1 is 1.28 bits per heavy atom. The molecule has 2 aliphatic rings. The largest absolute Gasteiger partial charge is 0.465 e. The molecule has 5 heteroatoms. The summed E-state index contributed by atoms with van der Waals surface area (Å²) in [5, 5.41) is 0. The summed E-state index contributed by atoms with van der Waals surface area (Å²) in [5.41, 5.74) is 1.12. The number of fused-ring (bicyclic) bond motifs is 1. The van der Waals surface area contributed by atoms with E-state index >= 15 is 0 Å². The molecule has 0 amide bonds. The van der Waals surface area contributed by atoms with Gasteiger partial charge in [-0.2, -0.15) is 0 Å². The van der Waals surface area contributed by atoms with Crippen molar-refractivity contribution in [2.45, 2.75) is 59.8 Å². The maximum atomic E-state index is 12.7. The van der Waals surface area contributed by atoms with Crippen LogP contribution >= 0.6 is 0 Å². The zero-order valence-corrected chi connectivity index (χ0v) is 18.2. The van der Waals surface area contributed by atoms with Crippen LogP contribution in [0.1, 0.15) is 59.8 Å². The van der Waals surface area contributed by atoms with Crippen LogP contribution in [-0.4, -0.2) is 30.9 Å². The molecule has 1 saturated carbocycles. The molecule has 0 heterocycles. The highest BCUT2D eigenvalue weighted by Crippen LogP contribution is 2.62. The third-order valence-electron chi connectivity index (χ3n) is 7.23. The van der Waals surface area contributed by atoms with Gasteiger partial charge in [0.1, 0.15) is 13.2 Å². The lowest BCUT2D eigenvalue weighted by Gasteiger charge is -2.58. The molecule has 0 aliphatic heterocycles. The second-order valence-corrected chi connectivity index (χ2v) is 8.92. The van der Waals surface area contributed by atoms with E-state index in [1.165, 1.54) is 13.8 Å². The lowest BCUT2D eigenvalue weighted by Crippen LogP contribution is -2.55. The lowest BCUT2D eigenvalue weighted by atomic mass is 9.46. The number of ketones is 1. The van der Waals surface area contributed by atoms with E-state index in [-0.39, 0.29) is 36.3 Å². The van der Waals surface area contributed by atoms with Gasteiger partial charge < -0.3 is 9.47 Å². The van der Waals surface area contributed by atoms with Crippen molar-refractivity contribution in [2.24, 2.45) is 22.7 Å². The zero-order chi connectivity index (χ0) is 21.8. The molecule has 2 aliphatic carbocycles. The molecule has 0 aromatic rings. The molecule has 0 N–H and O–H groups in total. The Morgan fingerprint density at radius 2 is 1.93 bits per heavy atom. The Labute approximate surface area is 174 Å². The quantitative estimate of drug-likeness (QED) is 0.439. The topological polar surface area (TPSA) is 69.7 Å². The van der Waals surface area contributed by atoms with Gasteiger partial charge in [0, 0.05) is 25.7 Å². The first-order valence-corrected chi connectivity index (χ1v) is 10.4. The third-order valence-corrected chi connectivity index (χ3v) is 7.23. The molecule has 160 valence electrons. The van der Waals surface area contributed by atoms with Crippen LogP contribution in [0.4, 0.5) is 0 Å². The summed E-state index contributed by atoms with van der Waals surface area (Å²) in [6.07, 6.45) is 7.22. The summed E-state index contributed by atoms with van der Waals surface area (Å²) in [6, 6.07) is 0. The van der Waals surface area contributed by atoms with Gasteiger partial charge in [0.25, 0.3) is 0 Å². The molecule has 2 rings (SSSR count). The number of hydrogen-bond acceptors (Lipinski definition) is 5. The van der Waals surface area contributed by atoms with Crippen molar-refractivity contribution in [2.75, 3.05) is 13.2 Å². The maximum Gasteiger partial charge on any atom is 0.302 e. The zero-order valence-electron chi connectivity index (χ0n) is 18.2. The van der Waals surface area contributed by atoms with Gasteiger partial charge in [-0.05, 0) is 54.6 Å². The van der Waals surface area contributed by atoms with Crippen LogP contribution in [0.25, 0.3) is 0 Å². The summed E-state index contributed by atoms with van der Waals surface area (Å²) in [6.45, 7) is 15.3. The fourth-order valence-corrected chi connectivity index (χ4v) is 5.18. The molecule has 0 bridgehead atoms. The molecule has 5 nitrogen and oxygen atoms in total. The maximum absolute atomic E-state index is 12.7. The average molecular weight is 403 g/mol. The summed E-state index contributed by atoms with van der Waals surface area (Å²) in [7, 11) is 0. The van der Waals surface area contributed by atoms with Gasteiger partial charge >= 0.3 is 11.9 Å². The van der Waals surface area contributed by atoms with Gasteiger partial charge in [0.05, 0.1) is 0 Å². The van der Waals surface area contributed by atoms with Crippen LogP contribution in [0.3, 0.4) is 0 Å². The van der Waals surface area contributed by atoms with E-state index in [4.69, 9.17) is 9.47 Å². The molecule has 1 fully saturated rings. The van der Waals surface area contributed by atoms with Gasteiger partial charge in [0.15, 0.2) is 5.78 Å². The van der Waals surface area contributed by atoms with Crippen LogP contribution in [0, 0.1) is 22.7 Å². The predicted octanol–water partition coefficient (Wildman–Crippen LogP) is 4.57. The minimum atomic E-state index is -0.494. The normalized spacial score (nSPS) is 31.3. The third kappa shape index (κ3) is 4.88. The summed E-state index contributed by atoms with van der Waals surface area (Å²) >= 11 is 0. The number of ether oxygens (including phenoxy) is 2. The van der Waals surface area contributed by atoms with Gasteiger partial charge in [-0.1, -0.05) is 38.7 Å². The molecule has 0 aromatic carbocycles.